The first-order valence-corrected chi connectivity index (χ1v) is 10.6. The van der Waals surface area contributed by atoms with Crippen molar-refractivity contribution in [3.05, 3.63) is 29.8 Å². The zero-order valence-electron chi connectivity index (χ0n) is 16.9. The summed E-state index contributed by atoms with van der Waals surface area (Å²) >= 11 is 0. The van der Waals surface area contributed by atoms with Gasteiger partial charge < -0.3 is 10.1 Å². The van der Waals surface area contributed by atoms with E-state index in [9.17, 15) is 9.59 Å². The lowest BCUT2D eigenvalue weighted by Gasteiger charge is -2.34. The van der Waals surface area contributed by atoms with Gasteiger partial charge in [-0.15, -0.1) is 0 Å². The molecule has 0 bridgehead atoms. The van der Waals surface area contributed by atoms with E-state index in [1.54, 1.807) is 0 Å². The molecule has 1 spiro atoms. The fourth-order valence-electron chi connectivity index (χ4n) is 4.91. The molecule has 1 atom stereocenters. The zero-order chi connectivity index (χ0) is 19.7. The van der Waals surface area contributed by atoms with Gasteiger partial charge in [0.25, 0.3) is 5.91 Å². The Kier molecular flexibility index (Phi) is 5.32. The highest BCUT2D eigenvalue weighted by molar-refractivity contribution is 6.07. The molecule has 0 radical (unpaired) electrons. The number of likely N-dealkylation sites (tertiary alicyclic amines) is 1. The van der Waals surface area contributed by atoms with E-state index in [1.807, 2.05) is 19.1 Å². The fraction of sp³-hybridized carbons (Fsp3) is 0.636. The van der Waals surface area contributed by atoms with Gasteiger partial charge >= 0.3 is 6.03 Å². The molecule has 3 amide bonds. The van der Waals surface area contributed by atoms with Gasteiger partial charge in [-0.1, -0.05) is 19.1 Å². The molecular formula is C22H31N3O3. The van der Waals surface area contributed by atoms with Crippen molar-refractivity contribution in [2.45, 2.75) is 64.0 Å². The van der Waals surface area contributed by atoms with Crippen LogP contribution < -0.4 is 10.1 Å². The molecule has 6 nitrogen and oxygen atoms in total. The summed E-state index contributed by atoms with van der Waals surface area (Å²) in [6.07, 6.45) is 5.64. The van der Waals surface area contributed by atoms with Gasteiger partial charge in [0.2, 0.25) is 0 Å². The third-order valence-electron chi connectivity index (χ3n) is 6.64. The van der Waals surface area contributed by atoms with E-state index in [0.29, 0.717) is 19.2 Å². The van der Waals surface area contributed by atoms with Gasteiger partial charge in [0.05, 0.1) is 13.3 Å². The van der Waals surface area contributed by atoms with Gasteiger partial charge in [0, 0.05) is 12.6 Å². The SMILES string of the molecule is CCOc1ccc([C@H]2CCCN2CN2C(=O)NC3(CCC(C)CC3)C2=O)cc1. The molecule has 3 aliphatic rings. The first-order chi connectivity index (χ1) is 13.5. The molecule has 1 saturated carbocycles. The lowest BCUT2D eigenvalue weighted by atomic mass is 9.77. The Balaban J connectivity index is 1.45. The summed E-state index contributed by atoms with van der Waals surface area (Å²) in [4.78, 5) is 29.5. The average molecular weight is 386 g/mol. The van der Waals surface area contributed by atoms with Crippen molar-refractivity contribution in [1.29, 1.82) is 0 Å². The van der Waals surface area contributed by atoms with Crippen molar-refractivity contribution in [2.24, 2.45) is 5.92 Å². The largest absolute Gasteiger partial charge is 0.494 e. The normalized spacial score (nSPS) is 30.9. The number of carbonyl (C=O) groups excluding carboxylic acids is 2. The van der Waals surface area contributed by atoms with Crippen LogP contribution >= 0.6 is 0 Å². The second-order valence-corrected chi connectivity index (χ2v) is 8.54. The third kappa shape index (κ3) is 3.50. The standard InChI is InChI=1S/C22H31N3O3/c1-3-28-18-8-6-17(7-9-18)19-5-4-14-24(19)15-25-20(26)22(23-21(25)27)12-10-16(2)11-13-22/h6-9,16,19H,3-5,10-15H2,1-2H3,(H,23,27)/t16?,19-,22?/m1/s1. The molecule has 4 rings (SSSR count). The summed E-state index contributed by atoms with van der Waals surface area (Å²) in [6, 6.07) is 8.21. The molecule has 152 valence electrons. The Morgan fingerprint density at radius 3 is 2.54 bits per heavy atom. The molecule has 2 aliphatic heterocycles. The van der Waals surface area contributed by atoms with Gasteiger partial charge in [-0.3, -0.25) is 9.69 Å². The van der Waals surface area contributed by atoms with E-state index in [4.69, 9.17) is 4.74 Å². The van der Waals surface area contributed by atoms with E-state index in [-0.39, 0.29) is 18.0 Å². The molecule has 2 heterocycles. The molecule has 0 aromatic heterocycles. The predicted molar refractivity (Wildman–Crippen MR) is 107 cm³/mol. The minimum absolute atomic E-state index is 0.0262. The first-order valence-electron chi connectivity index (χ1n) is 10.6. The average Bonchev–Trinajstić information content (AvgIpc) is 3.24. The number of nitrogens with zero attached hydrogens (tertiary/aromatic N) is 2. The number of nitrogens with one attached hydrogen (secondary N) is 1. The van der Waals surface area contributed by atoms with Crippen LogP contribution in [0.15, 0.2) is 24.3 Å². The van der Waals surface area contributed by atoms with Crippen molar-refractivity contribution in [1.82, 2.24) is 15.1 Å². The van der Waals surface area contributed by atoms with Crippen LogP contribution in [-0.4, -0.2) is 47.1 Å². The molecular weight excluding hydrogens is 354 g/mol. The topological polar surface area (TPSA) is 61.9 Å². The van der Waals surface area contributed by atoms with Crippen molar-refractivity contribution in [2.75, 3.05) is 19.8 Å². The number of rotatable bonds is 5. The summed E-state index contributed by atoms with van der Waals surface area (Å²) in [7, 11) is 0. The number of amides is 3. The highest BCUT2D eigenvalue weighted by atomic mass is 16.5. The maximum Gasteiger partial charge on any atom is 0.326 e. The molecule has 0 unspecified atom stereocenters. The minimum Gasteiger partial charge on any atom is -0.494 e. The number of hydrogen-bond acceptors (Lipinski definition) is 4. The van der Waals surface area contributed by atoms with Gasteiger partial charge in [-0.2, -0.15) is 0 Å². The predicted octanol–water partition coefficient (Wildman–Crippen LogP) is 3.68. The monoisotopic (exact) mass is 385 g/mol. The highest BCUT2D eigenvalue weighted by Gasteiger charge is 2.52. The lowest BCUT2D eigenvalue weighted by molar-refractivity contribution is -0.134. The van der Waals surface area contributed by atoms with Crippen LogP contribution in [0.4, 0.5) is 4.79 Å². The highest BCUT2D eigenvalue weighted by Crippen LogP contribution is 2.38. The summed E-state index contributed by atoms with van der Waals surface area (Å²) in [5.41, 5.74) is 0.562. The molecule has 1 aromatic carbocycles. The van der Waals surface area contributed by atoms with Crippen LogP contribution in [0.1, 0.15) is 64.0 Å². The number of urea groups is 1. The Morgan fingerprint density at radius 2 is 1.86 bits per heavy atom. The van der Waals surface area contributed by atoms with Gasteiger partial charge in [0.1, 0.15) is 11.3 Å². The Labute approximate surface area is 167 Å². The van der Waals surface area contributed by atoms with Crippen molar-refractivity contribution >= 4 is 11.9 Å². The van der Waals surface area contributed by atoms with Gasteiger partial charge in [-0.25, -0.2) is 9.69 Å². The molecule has 3 fully saturated rings. The van der Waals surface area contributed by atoms with E-state index < -0.39 is 5.54 Å². The van der Waals surface area contributed by atoms with E-state index in [2.05, 4.69) is 29.3 Å². The molecule has 28 heavy (non-hydrogen) atoms. The number of ether oxygens (including phenoxy) is 1. The quantitative estimate of drug-likeness (QED) is 0.786. The lowest BCUT2D eigenvalue weighted by Crippen LogP contribution is -2.50. The van der Waals surface area contributed by atoms with Crippen LogP contribution in [-0.2, 0) is 4.79 Å². The summed E-state index contributed by atoms with van der Waals surface area (Å²) in [5.74, 6) is 1.48. The number of carbonyl (C=O) groups is 2. The number of imide groups is 1. The number of hydrogen-bond donors (Lipinski definition) is 1. The van der Waals surface area contributed by atoms with Crippen LogP contribution in [0.5, 0.6) is 5.75 Å². The maximum atomic E-state index is 13.1. The molecule has 6 heteroatoms. The zero-order valence-corrected chi connectivity index (χ0v) is 16.9. The Hall–Kier alpha value is -2.08. The molecule has 1 N–H and O–H groups in total. The summed E-state index contributed by atoms with van der Waals surface area (Å²) in [6.45, 7) is 6.13. The van der Waals surface area contributed by atoms with Crippen molar-refractivity contribution < 1.29 is 14.3 Å². The van der Waals surface area contributed by atoms with Gasteiger partial charge in [-0.05, 0) is 69.1 Å². The fourth-order valence-corrected chi connectivity index (χ4v) is 4.91. The van der Waals surface area contributed by atoms with Crippen molar-refractivity contribution in [3.63, 3.8) is 0 Å². The second-order valence-electron chi connectivity index (χ2n) is 8.54. The Morgan fingerprint density at radius 1 is 1.14 bits per heavy atom. The van der Waals surface area contributed by atoms with Crippen LogP contribution in [0.2, 0.25) is 0 Å². The van der Waals surface area contributed by atoms with Crippen molar-refractivity contribution in [3.8, 4) is 5.75 Å². The minimum atomic E-state index is -0.655. The van der Waals surface area contributed by atoms with Crippen LogP contribution in [0.25, 0.3) is 0 Å². The molecule has 1 aliphatic carbocycles. The Bertz CT molecular complexity index is 725. The van der Waals surface area contributed by atoms with E-state index in [0.717, 1.165) is 50.8 Å². The van der Waals surface area contributed by atoms with E-state index in [1.165, 1.54) is 10.5 Å². The summed E-state index contributed by atoms with van der Waals surface area (Å²) in [5, 5.41) is 3.03. The maximum absolute atomic E-state index is 13.1. The number of benzene rings is 1. The second kappa shape index (κ2) is 7.74. The van der Waals surface area contributed by atoms with E-state index >= 15 is 0 Å². The molecule has 1 aromatic rings. The molecule has 2 saturated heterocycles. The van der Waals surface area contributed by atoms with Crippen LogP contribution in [0, 0.1) is 5.92 Å². The van der Waals surface area contributed by atoms with Crippen LogP contribution in [0.3, 0.4) is 0 Å². The first kappa shape index (κ1) is 19.2. The van der Waals surface area contributed by atoms with Gasteiger partial charge in [0.15, 0.2) is 0 Å². The third-order valence-corrected chi connectivity index (χ3v) is 6.64. The smallest absolute Gasteiger partial charge is 0.326 e. The summed E-state index contributed by atoms with van der Waals surface area (Å²) < 4.78 is 5.54.